The number of benzene rings is 1. The van der Waals surface area contributed by atoms with E-state index in [1.54, 1.807) is 0 Å². The van der Waals surface area contributed by atoms with E-state index >= 15 is 0 Å². The van der Waals surface area contributed by atoms with Crippen molar-refractivity contribution in [2.24, 2.45) is 0 Å². The first-order valence-electron chi connectivity index (χ1n) is 8.48. The van der Waals surface area contributed by atoms with Crippen LogP contribution in [0.4, 0.5) is 5.69 Å². The Hall–Kier alpha value is -2.11. The van der Waals surface area contributed by atoms with Gasteiger partial charge < -0.3 is 15.4 Å². The second-order valence-corrected chi connectivity index (χ2v) is 6.45. The van der Waals surface area contributed by atoms with Gasteiger partial charge in [-0.2, -0.15) is 0 Å². The Kier molecular flexibility index (Phi) is 5.33. The zero-order valence-corrected chi connectivity index (χ0v) is 14.5. The molecule has 128 valence electrons. The van der Waals surface area contributed by atoms with Gasteiger partial charge in [-0.1, -0.05) is 12.1 Å². The maximum atomic E-state index is 5.98. The first-order valence-corrected chi connectivity index (χ1v) is 8.48. The molecule has 2 heterocycles. The lowest BCUT2D eigenvalue weighted by atomic mass is 10.0. The van der Waals surface area contributed by atoms with Gasteiger partial charge in [0.25, 0.3) is 0 Å². The average Bonchev–Trinajstić information content (AvgIpc) is 2.60. The number of rotatable bonds is 5. The number of aromatic nitrogens is 1. The van der Waals surface area contributed by atoms with Crippen LogP contribution in [0.1, 0.15) is 5.56 Å². The van der Waals surface area contributed by atoms with Gasteiger partial charge in [0.15, 0.2) is 0 Å². The van der Waals surface area contributed by atoms with Crippen LogP contribution in [-0.2, 0) is 0 Å². The van der Waals surface area contributed by atoms with Crippen molar-refractivity contribution < 1.29 is 4.74 Å². The molecular formula is C19H26N4O. The molecule has 0 spiro atoms. The van der Waals surface area contributed by atoms with Crippen LogP contribution in [0, 0.1) is 6.92 Å². The van der Waals surface area contributed by atoms with Gasteiger partial charge in [0, 0.05) is 56.2 Å². The fourth-order valence-corrected chi connectivity index (χ4v) is 2.81. The topological polar surface area (TPSA) is 54.6 Å². The van der Waals surface area contributed by atoms with Crippen molar-refractivity contribution in [2.75, 3.05) is 52.1 Å². The highest BCUT2D eigenvalue weighted by molar-refractivity contribution is 5.68. The second-order valence-electron chi connectivity index (χ2n) is 6.45. The van der Waals surface area contributed by atoms with Crippen LogP contribution in [0.5, 0.6) is 5.88 Å². The maximum absolute atomic E-state index is 5.98. The monoisotopic (exact) mass is 326 g/mol. The summed E-state index contributed by atoms with van der Waals surface area (Å²) in [5.74, 6) is 0.674. The van der Waals surface area contributed by atoms with Gasteiger partial charge in [-0.3, -0.25) is 4.90 Å². The lowest BCUT2D eigenvalue weighted by Gasteiger charge is -2.32. The number of hydrogen-bond donors (Lipinski definition) is 1. The molecule has 0 atom stereocenters. The Labute approximate surface area is 144 Å². The molecule has 0 radical (unpaired) electrons. The molecule has 3 rings (SSSR count). The van der Waals surface area contributed by atoms with Crippen LogP contribution in [0.25, 0.3) is 11.1 Å². The minimum Gasteiger partial charge on any atom is -0.476 e. The van der Waals surface area contributed by atoms with Crippen molar-refractivity contribution in [1.82, 2.24) is 14.8 Å². The van der Waals surface area contributed by atoms with Gasteiger partial charge in [0.05, 0.1) is 0 Å². The second kappa shape index (κ2) is 7.64. The van der Waals surface area contributed by atoms with Gasteiger partial charge >= 0.3 is 0 Å². The van der Waals surface area contributed by atoms with Gasteiger partial charge in [0.2, 0.25) is 5.88 Å². The number of hydrogen-bond acceptors (Lipinski definition) is 5. The lowest BCUT2D eigenvalue weighted by molar-refractivity contribution is 0.132. The molecule has 1 aliphatic rings. The third-order valence-electron chi connectivity index (χ3n) is 4.60. The van der Waals surface area contributed by atoms with Crippen molar-refractivity contribution >= 4 is 5.69 Å². The zero-order chi connectivity index (χ0) is 16.9. The molecule has 1 aliphatic heterocycles. The maximum Gasteiger partial charge on any atom is 0.213 e. The summed E-state index contributed by atoms with van der Waals surface area (Å²) < 4.78 is 5.78. The molecule has 2 N–H and O–H groups in total. The number of nitrogens with two attached hydrogens (primary N) is 1. The standard InChI is InChI=1S/C19H26N4O/c1-15-3-4-16(13-18(15)20)17-5-6-19(21-14-17)24-12-11-23-9-7-22(2)8-10-23/h3-6,13-14H,7-12,20H2,1-2H3. The largest absolute Gasteiger partial charge is 0.476 e. The highest BCUT2D eigenvalue weighted by atomic mass is 16.5. The normalized spacial score (nSPS) is 16.2. The molecule has 24 heavy (non-hydrogen) atoms. The molecule has 5 heteroatoms. The van der Waals surface area contributed by atoms with E-state index in [0.29, 0.717) is 12.5 Å². The number of anilines is 1. The first kappa shape index (κ1) is 16.7. The highest BCUT2D eigenvalue weighted by Gasteiger charge is 2.13. The number of nitrogens with zero attached hydrogens (tertiary/aromatic N) is 3. The van der Waals surface area contributed by atoms with E-state index < -0.39 is 0 Å². The molecular weight excluding hydrogens is 300 g/mol. The summed E-state index contributed by atoms with van der Waals surface area (Å²) in [7, 11) is 2.17. The Balaban J connectivity index is 1.52. The molecule has 0 saturated carbocycles. The molecule has 0 aliphatic carbocycles. The van der Waals surface area contributed by atoms with Crippen molar-refractivity contribution in [2.45, 2.75) is 6.92 Å². The van der Waals surface area contributed by atoms with Crippen LogP contribution in [0.2, 0.25) is 0 Å². The van der Waals surface area contributed by atoms with Gasteiger partial charge in [-0.05, 0) is 37.2 Å². The third-order valence-corrected chi connectivity index (χ3v) is 4.60. The van der Waals surface area contributed by atoms with E-state index in [4.69, 9.17) is 10.5 Å². The SMILES string of the molecule is Cc1ccc(-c2ccc(OCCN3CCN(C)CC3)nc2)cc1N. The Morgan fingerprint density at radius 2 is 1.83 bits per heavy atom. The van der Waals surface area contributed by atoms with E-state index in [9.17, 15) is 0 Å². The van der Waals surface area contributed by atoms with Gasteiger partial charge in [-0.15, -0.1) is 0 Å². The molecule has 0 bridgehead atoms. The minimum atomic E-state index is 0.674. The summed E-state index contributed by atoms with van der Waals surface area (Å²) in [6.07, 6.45) is 1.84. The number of likely N-dealkylation sites (N-methyl/N-ethyl adjacent to an activating group) is 1. The summed E-state index contributed by atoms with van der Waals surface area (Å²) in [5.41, 5.74) is 10.0. The van der Waals surface area contributed by atoms with Crippen LogP contribution >= 0.6 is 0 Å². The molecule has 1 saturated heterocycles. The zero-order valence-electron chi connectivity index (χ0n) is 14.5. The quantitative estimate of drug-likeness (QED) is 0.854. The Morgan fingerprint density at radius 3 is 2.50 bits per heavy atom. The number of piperazine rings is 1. The van der Waals surface area contributed by atoms with E-state index in [0.717, 1.165) is 55.1 Å². The van der Waals surface area contributed by atoms with E-state index in [2.05, 4.69) is 27.9 Å². The van der Waals surface area contributed by atoms with E-state index in [1.807, 2.05) is 37.4 Å². The average molecular weight is 326 g/mol. The Morgan fingerprint density at radius 1 is 1.08 bits per heavy atom. The number of nitrogen functional groups attached to an aromatic ring is 1. The van der Waals surface area contributed by atoms with E-state index in [-0.39, 0.29) is 0 Å². The molecule has 5 nitrogen and oxygen atoms in total. The van der Waals surface area contributed by atoms with Crippen molar-refractivity contribution in [3.63, 3.8) is 0 Å². The molecule has 1 aromatic heterocycles. The molecule has 0 amide bonds. The van der Waals surface area contributed by atoms with Crippen LogP contribution in [0.15, 0.2) is 36.5 Å². The molecule has 1 aromatic carbocycles. The summed E-state index contributed by atoms with van der Waals surface area (Å²) in [5, 5.41) is 0. The summed E-state index contributed by atoms with van der Waals surface area (Å²) in [6, 6.07) is 10.0. The van der Waals surface area contributed by atoms with Crippen molar-refractivity contribution in [1.29, 1.82) is 0 Å². The van der Waals surface area contributed by atoms with Gasteiger partial charge in [0.1, 0.15) is 6.61 Å². The van der Waals surface area contributed by atoms with Crippen LogP contribution in [-0.4, -0.2) is 61.2 Å². The number of ether oxygens (including phenoxy) is 1. The smallest absolute Gasteiger partial charge is 0.213 e. The molecule has 0 unspecified atom stereocenters. The Bertz CT molecular complexity index is 664. The fourth-order valence-electron chi connectivity index (χ4n) is 2.81. The summed E-state index contributed by atoms with van der Waals surface area (Å²) >= 11 is 0. The summed E-state index contributed by atoms with van der Waals surface area (Å²) in [6.45, 7) is 8.12. The van der Waals surface area contributed by atoms with E-state index in [1.165, 1.54) is 0 Å². The lowest BCUT2D eigenvalue weighted by Crippen LogP contribution is -2.45. The minimum absolute atomic E-state index is 0.674. The predicted octanol–water partition coefficient (Wildman–Crippen LogP) is 2.27. The van der Waals surface area contributed by atoms with Gasteiger partial charge in [-0.25, -0.2) is 4.98 Å². The summed E-state index contributed by atoms with van der Waals surface area (Å²) in [4.78, 5) is 9.20. The van der Waals surface area contributed by atoms with Crippen LogP contribution in [0.3, 0.4) is 0 Å². The molecule has 1 fully saturated rings. The van der Waals surface area contributed by atoms with Crippen molar-refractivity contribution in [3.8, 4) is 17.0 Å². The third kappa shape index (κ3) is 4.24. The van der Waals surface area contributed by atoms with Crippen LogP contribution < -0.4 is 10.5 Å². The number of aryl methyl sites for hydroxylation is 1. The predicted molar refractivity (Wildman–Crippen MR) is 98.3 cm³/mol. The van der Waals surface area contributed by atoms with Crippen molar-refractivity contribution in [3.05, 3.63) is 42.1 Å². The molecule has 2 aromatic rings. The number of pyridine rings is 1. The highest BCUT2D eigenvalue weighted by Crippen LogP contribution is 2.24. The fraction of sp³-hybridized carbons (Fsp3) is 0.421. The first-order chi connectivity index (χ1) is 11.6.